The number of aromatic nitrogens is 2. The van der Waals surface area contributed by atoms with Crippen molar-refractivity contribution in [1.82, 2.24) is 14.9 Å². The fraction of sp³-hybridized carbons (Fsp3) is 0.273. The molecular formula is C22H22FN3. The quantitative estimate of drug-likeness (QED) is 0.614. The minimum Gasteiger partial charge on any atom is -0.297 e. The van der Waals surface area contributed by atoms with E-state index in [-0.39, 0.29) is 0 Å². The van der Waals surface area contributed by atoms with E-state index in [9.17, 15) is 4.39 Å². The molecule has 1 fully saturated rings. The average molecular weight is 347 g/mol. The van der Waals surface area contributed by atoms with E-state index in [0.29, 0.717) is 6.04 Å². The topological polar surface area (TPSA) is 29.0 Å². The molecule has 3 aromatic rings. The zero-order chi connectivity index (χ0) is 17.9. The van der Waals surface area contributed by atoms with Gasteiger partial charge in [-0.25, -0.2) is 9.97 Å². The van der Waals surface area contributed by atoms with E-state index in [0.717, 1.165) is 16.7 Å². The lowest BCUT2D eigenvalue weighted by atomic mass is 9.99. The third-order valence-corrected chi connectivity index (χ3v) is 5.25. The largest absolute Gasteiger partial charge is 0.308 e. The molecule has 0 amide bonds. The Morgan fingerprint density at radius 3 is 1.77 bits per heavy atom. The van der Waals surface area contributed by atoms with Crippen molar-refractivity contribution in [3.63, 3.8) is 0 Å². The summed E-state index contributed by atoms with van der Waals surface area (Å²) in [5.41, 5.74) is 5.53. The van der Waals surface area contributed by atoms with Gasteiger partial charge in [0.05, 0.1) is 0 Å². The summed E-state index contributed by atoms with van der Waals surface area (Å²) in [6, 6.07) is 17.5. The monoisotopic (exact) mass is 347 g/mol. The molecule has 0 N–H and O–H groups in total. The number of hydrogen-bond donors (Lipinski definition) is 0. The lowest BCUT2D eigenvalue weighted by Gasteiger charge is -2.24. The van der Waals surface area contributed by atoms with Gasteiger partial charge in [0.1, 0.15) is 0 Å². The minimum atomic E-state index is -0.700. The third kappa shape index (κ3) is 3.51. The van der Waals surface area contributed by atoms with Crippen LogP contribution < -0.4 is 0 Å². The second-order valence-corrected chi connectivity index (χ2v) is 6.86. The lowest BCUT2D eigenvalue weighted by Crippen LogP contribution is -2.23. The molecule has 2 heterocycles. The maximum atomic E-state index is 12.9. The predicted octanol–water partition coefficient (Wildman–Crippen LogP) is 5.11. The Hall–Kier alpha value is -2.59. The van der Waals surface area contributed by atoms with Crippen molar-refractivity contribution >= 4 is 0 Å². The van der Waals surface area contributed by atoms with E-state index >= 15 is 0 Å². The molecule has 1 unspecified atom stereocenters. The van der Waals surface area contributed by atoms with Crippen molar-refractivity contribution in [3.05, 3.63) is 72.6 Å². The molecule has 0 radical (unpaired) electrons. The first kappa shape index (κ1) is 16.9. The highest BCUT2D eigenvalue weighted by Gasteiger charge is 2.19. The number of benzene rings is 2. The third-order valence-electron chi connectivity index (χ3n) is 5.25. The zero-order valence-electron chi connectivity index (χ0n) is 14.9. The van der Waals surface area contributed by atoms with Gasteiger partial charge in [-0.15, -0.1) is 0 Å². The van der Waals surface area contributed by atoms with Gasteiger partial charge in [0.2, 0.25) is 0 Å². The van der Waals surface area contributed by atoms with E-state index in [1.165, 1.54) is 49.5 Å². The van der Waals surface area contributed by atoms with Crippen molar-refractivity contribution in [1.29, 1.82) is 0 Å². The maximum Gasteiger partial charge on any atom is 0.308 e. The fourth-order valence-electron chi connectivity index (χ4n) is 3.61. The van der Waals surface area contributed by atoms with Gasteiger partial charge >= 0.3 is 6.08 Å². The standard InChI is InChI=1S/C22H22FN3/c1-16(26-12-2-3-13-26)17-4-6-18(7-5-17)19-8-10-20(11-9-19)21-14-24-22(23)25-15-21/h4-11,14-16H,2-3,12-13H2,1H3. The Balaban J connectivity index is 1.51. The van der Waals surface area contributed by atoms with E-state index < -0.39 is 6.08 Å². The molecule has 0 saturated carbocycles. The highest BCUT2D eigenvalue weighted by molar-refractivity contribution is 5.69. The Morgan fingerprint density at radius 1 is 0.769 bits per heavy atom. The van der Waals surface area contributed by atoms with Gasteiger partial charge in [0.15, 0.2) is 0 Å². The van der Waals surface area contributed by atoms with Crippen LogP contribution in [0.4, 0.5) is 4.39 Å². The highest BCUT2D eigenvalue weighted by atomic mass is 19.1. The number of rotatable bonds is 4. The van der Waals surface area contributed by atoms with Crippen LogP contribution in [0.3, 0.4) is 0 Å². The van der Waals surface area contributed by atoms with Crippen LogP contribution in [0.1, 0.15) is 31.4 Å². The molecule has 0 aliphatic carbocycles. The summed E-state index contributed by atoms with van der Waals surface area (Å²) >= 11 is 0. The number of hydrogen-bond acceptors (Lipinski definition) is 3. The first-order valence-electron chi connectivity index (χ1n) is 9.13. The summed E-state index contributed by atoms with van der Waals surface area (Å²) in [6.07, 6.45) is 4.94. The molecule has 132 valence electrons. The summed E-state index contributed by atoms with van der Waals surface area (Å²) < 4.78 is 12.9. The molecule has 1 aromatic heterocycles. The lowest BCUT2D eigenvalue weighted by molar-refractivity contribution is 0.263. The van der Waals surface area contributed by atoms with Crippen molar-refractivity contribution in [3.8, 4) is 22.3 Å². The predicted molar refractivity (Wildman–Crippen MR) is 102 cm³/mol. The Kier molecular flexibility index (Phi) is 4.76. The van der Waals surface area contributed by atoms with Crippen LogP contribution in [0, 0.1) is 6.08 Å². The molecular weight excluding hydrogens is 325 g/mol. The van der Waals surface area contributed by atoms with Gasteiger partial charge in [-0.1, -0.05) is 48.5 Å². The molecule has 4 heteroatoms. The minimum absolute atomic E-state index is 0.479. The Bertz CT molecular complexity index is 851. The summed E-state index contributed by atoms with van der Waals surface area (Å²) in [5.74, 6) is 0. The number of likely N-dealkylation sites (tertiary alicyclic amines) is 1. The van der Waals surface area contributed by atoms with Gasteiger partial charge in [-0.2, -0.15) is 4.39 Å². The first-order chi connectivity index (χ1) is 12.7. The molecule has 0 spiro atoms. The SMILES string of the molecule is CC(c1ccc(-c2ccc(-c3cnc(F)nc3)cc2)cc1)N1CCCC1. The smallest absolute Gasteiger partial charge is 0.297 e. The number of halogens is 1. The first-order valence-corrected chi connectivity index (χ1v) is 9.13. The summed E-state index contributed by atoms with van der Waals surface area (Å²) in [5, 5.41) is 0. The Morgan fingerprint density at radius 2 is 1.23 bits per heavy atom. The van der Waals surface area contributed by atoms with Gasteiger partial charge in [-0.3, -0.25) is 4.90 Å². The van der Waals surface area contributed by atoms with E-state index in [1.807, 2.05) is 12.1 Å². The van der Waals surface area contributed by atoms with Crippen molar-refractivity contribution in [2.24, 2.45) is 0 Å². The second-order valence-electron chi connectivity index (χ2n) is 6.86. The molecule has 3 nitrogen and oxygen atoms in total. The molecule has 26 heavy (non-hydrogen) atoms. The molecule has 1 aliphatic rings. The van der Waals surface area contributed by atoms with Crippen molar-refractivity contribution in [2.75, 3.05) is 13.1 Å². The van der Waals surface area contributed by atoms with Crippen LogP contribution in [0.2, 0.25) is 0 Å². The number of nitrogens with zero attached hydrogens (tertiary/aromatic N) is 3. The normalized spacial score (nSPS) is 15.9. The van der Waals surface area contributed by atoms with Gasteiger partial charge in [0.25, 0.3) is 0 Å². The molecule has 4 rings (SSSR count). The molecule has 1 atom stereocenters. The Labute approximate surface area is 153 Å². The second kappa shape index (κ2) is 7.34. The van der Waals surface area contributed by atoms with E-state index in [4.69, 9.17) is 0 Å². The summed E-state index contributed by atoms with van der Waals surface area (Å²) in [7, 11) is 0. The zero-order valence-corrected chi connectivity index (χ0v) is 14.9. The van der Waals surface area contributed by atoms with Crippen LogP contribution in [0.5, 0.6) is 0 Å². The summed E-state index contributed by atoms with van der Waals surface area (Å²) in [4.78, 5) is 9.78. The van der Waals surface area contributed by atoms with Crippen LogP contribution in [0.15, 0.2) is 60.9 Å². The van der Waals surface area contributed by atoms with Gasteiger partial charge in [0, 0.05) is 24.0 Å². The van der Waals surface area contributed by atoms with Crippen molar-refractivity contribution in [2.45, 2.75) is 25.8 Å². The average Bonchev–Trinajstić information content (AvgIpc) is 3.23. The highest BCUT2D eigenvalue weighted by Crippen LogP contribution is 2.28. The summed E-state index contributed by atoms with van der Waals surface area (Å²) in [6.45, 7) is 4.70. The van der Waals surface area contributed by atoms with Crippen LogP contribution in [-0.4, -0.2) is 28.0 Å². The van der Waals surface area contributed by atoms with Crippen LogP contribution >= 0.6 is 0 Å². The van der Waals surface area contributed by atoms with Gasteiger partial charge in [-0.05, 0) is 55.1 Å². The van der Waals surface area contributed by atoms with E-state index in [2.05, 4.69) is 58.2 Å². The molecule has 1 aliphatic heterocycles. The molecule has 0 bridgehead atoms. The van der Waals surface area contributed by atoms with Crippen LogP contribution in [-0.2, 0) is 0 Å². The molecule has 1 saturated heterocycles. The van der Waals surface area contributed by atoms with Crippen LogP contribution in [0.25, 0.3) is 22.3 Å². The molecule has 2 aromatic carbocycles. The van der Waals surface area contributed by atoms with E-state index in [1.54, 1.807) is 0 Å². The van der Waals surface area contributed by atoms with Gasteiger partial charge < -0.3 is 0 Å². The fourth-order valence-corrected chi connectivity index (χ4v) is 3.61. The maximum absolute atomic E-state index is 12.9. The van der Waals surface area contributed by atoms with Crippen molar-refractivity contribution < 1.29 is 4.39 Å².